The van der Waals surface area contributed by atoms with E-state index in [1.54, 1.807) is 7.11 Å². The fourth-order valence-corrected chi connectivity index (χ4v) is 1.35. The van der Waals surface area contributed by atoms with E-state index in [0.29, 0.717) is 0 Å². The molecule has 84 valence electrons. The zero-order valence-electron chi connectivity index (χ0n) is 10.2. The zero-order valence-corrected chi connectivity index (χ0v) is 10.2. The van der Waals surface area contributed by atoms with Gasteiger partial charge in [0.1, 0.15) is 5.75 Å². The molecule has 0 heterocycles. The van der Waals surface area contributed by atoms with Crippen molar-refractivity contribution in [3.63, 3.8) is 0 Å². The van der Waals surface area contributed by atoms with Crippen molar-refractivity contribution in [2.45, 2.75) is 33.3 Å². The topological polar surface area (TPSA) is 29.5 Å². The number of aliphatic hydroxyl groups is 1. The lowest BCUT2D eigenvalue weighted by atomic mass is 9.73. The molecule has 15 heavy (non-hydrogen) atoms. The number of hydrogen-bond donors (Lipinski definition) is 1. The Kier molecular flexibility index (Phi) is 3.10. The van der Waals surface area contributed by atoms with E-state index < -0.39 is 5.60 Å². The van der Waals surface area contributed by atoms with Crippen molar-refractivity contribution in [2.24, 2.45) is 5.41 Å². The molecule has 0 unspecified atom stereocenters. The highest BCUT2D eigenvalue weighted by atomic mass is 16.5. The highest BCUT2D eigenvalue weighted by Gasteiger charge is 2.36. The second kappa shape index (κ2) is 3.86. The van der Waals surface area contributed by atoms with Gasteiger partial charge in [0.05, 0.1) is 12.7 Å². The molecule has 0 radical (unpaired) electrons. The summed E-state index contributed by atoms with van der Waals surface area (Å²) < 4.78 is 5.09. The minimum atomic E-state index is -0.834. The average molecular weight is 208 g/mol. The molecule has 2 nitrogen and oxygen atoms in total. The summed E-state index contributed by atoms with van der Waals surface area (Å²) in [5, 5.41) is 10.4. The maximum Gasteiger partial charge on any atom is 0.118 e. The molecular weight excluding hydrogens is 188 g/mol. The van der Waals surface area contributed by atoms with Gasteiger partial charge in [-0.2, -0.15) is 0 Å². The van der Waals surface area contributed by atoms with Gasteiger partial charge in [-0.15, -0.1) is 0 Å². The summed E-state index contributed by atoms with van der Waals surface area (Å²) in [5.74, 6) is 0.809. The second-order valence-corrected chi connectivity index (χ2v) is 5.05. The minimum Gasteiger partial charge on any atom is -0.497 e. The molecule has 1 N–H and O–H groups in total. The Morgan fingerprint density at radius 1 is 1.00 bits per heavy atom. The van der Waals surface area contributed by atoms with Crippen LogP contribution >= 0.6 is 0 Å². The summed E-state index contributed by atoms with van der Waals surface area (Å²) in [6.45, 7) is 7.92. The molecule has 0 aliphatic carbocycles. The third-order valence-corrected chi connectivity index (χ3v) is 3.11. The first-order valence-electron chi connectivity index (χ1n) is 5.16. The number of ether oxygens (including phenoxy) is 1. The normalized spacial score (nSPS) is 15.9. The molecule has 0 spiro atoms. The Labute approximate surface area is 91.9 Å². The molecule has 0 bridgehead atoms. The van der Waals surface area contributed by atoms with Crippen molar-refractivity contribution >= 4 is 0 Å². The van der Waals surface area contributed by atoms with Crippen molar-refractivity contribution in [1.29, 1.82) is 0 Å². The summed E-state index contributed by atoms with van der Waals surface area (Å²) in [4.78, 5) is 0. The van der Waals surface area contributed by atoms with Crippen LogP contribution in [0.4, 0.5) is 0 Å². The SMILES string of the molecule is COc1ccc([C@@](C)(O)C(C)(C)C)cc1. The summed E-state index contributed by atoms with van der Waals surface area (Å²) in [6, 6.07) is 7.55. The molecule has 2 heteroatoms. The molecule has 1 aromatic rings. The van der Waals surface area contributed by atoms with Crippen molar-refractivity contribution in [3.8, 4) is 5.75 Å². The third-order valence-electron chi connectivity index (χ3n) is 3.11. The van der Waals surface area contributed by atoms with Gasteiger partial charge in [-0.3, -0.25) is 0 Å². The fourth-order valence-electron chi connectivity index (χ4n) is 1.35. The van der Waals surface area contributed by atoms with E-state index >= 15 is 0 Å². The Morgan fingerprint density at radius 2 is 1.47 bits per heavy atom. The zero-order chi connectivity index (χ0) is 11.7. The fraction of sp³-hybridized carbons (Fsp3) is 0.538. The first-order valence-corrected chi connectivity index (χ1v) is 5.16. The number of benzene rings is 1. The molecular formula is C13H20O2. The highest BCUT2D eigenvalue weighted by Crippen LogP contribution is 2.39. The standard InChI is InChI=1S/C13H20O2/c1-12(2,3)13(4,14)10-6-8-11(15-5)9-7-10/h6-9,14H,1-5H3/t13-/m1/s1. The van der Waals surface area contributed by atoms with Crippen molar-refractivity contribution < 1.29 is 9.84 Å². The summed E-state index contributed by atoms with van der Waals surface area (Å²) >= 11 is 0. The minimum absolute atomic E-state index is 0.193. The van der Waals surface area contributed by atoms with E-state index in [1.165, 1.54) is 0 Å². The Hall–Kier alpha value is -1.02. The maximum absolute atomic E-state index is 10.4. The average Bonchev–Trinajstić information content (AvgIpc) is 2.16. The lowest BCUT2D eigenvalue weighted by molar-refractivity contribution is -0.0470. The van der Waals surface area contributed by atoms with E-state index in [1.807, 2.05) is 52.0 Å². The second-order valence-electron chi connectivity index (χ2n) is 5.05. The van der Waals surface area contributed by atoms with Gasteiger partial charge in [0, 0.05) is 0 Å². The van der Waals surface area contributed by atoms with Crippen LogP contribution in [-0.2, 0) is 5.60 Å². The van der Waals surface area contributed by atoms with Gasteiger partial charge in [0.25, 0.3) is 0 Å². The van der Waals surface area contributed by atoms with Crippen molar-refractivity contribution in [2.75, 3.05) is 7.11 Å². The Balaban J connectivity index is 3.06. The Bertz CT molecular complexity index is 317. The number of methoxy groups -OCH3 is 1. The molecule has 0 aromatic heterocycles. The van der Waals surface area contributed by atoms with E-state index in [9.17, 15) is 5.11 Å². The maximum atomic E-state index is 10.4. The molecule has 0 aliphatic rings. The molecule has 0 saturated carbocycles. The monoisotopic (exact) mass is 208 g/mol. The smallest absolute Gasteiger partial charge is 0.118 e. The van der Waals surface area contributed by atoms with Gasteiger partial charge >= 0.3 is 0 Å². The van der Waals surface area contributed by atoms with Gasteiger partial charge in [-0.1, -0.05) is 32.9 Å². The van der Waals surface area contributed by atoms with Crippen LogP contribution in [-0.4, -0.2) is 12.2 Å². The van der Waals surface area contributed by atoms with E-state index in [0.717, 1.165) is 11.3 Å². The summed E-state index contributed by atoms with van der Waals surface area (Å²) in [5.41, 5.74) is -0.114. The molecule has 0 amide bonds. The van der Waals surface area contributed by atoms with Crippen LogP contribution in [0.5, 0.6) is 5.75 Å². The number of hydrogen-bond acceptors (Lipinski definition) is 2. The van der Waals surface area contributed by atoms with Crippen molar-refractivity contribution in [3.05, 3.63) is 29.8 Å². The highest BCUT2D eigenvalue weighted by molar-refractivity contribution is 5.31. The van der Waals surface area contributed by atoms with Crippen LogP contribution in [0.1, 0.15) is 33.3 Å². The first-order chi connectivity index (χ1) is 6.79. The van der Waals surface area contributed by atoms with Crippen LogP contribution in [0, 0.1) is 5.41 Å². The first kappa shape index (κ1) is 12.1. The van der Waals surface area contributed by atoms with Gasteiger partial charge < -0.3 is 9.84 Å². The van der Waals surface area contributed by atoms with Crippen LogP contribution < -0.4 is 4.74 Å². The van der Waals surface area contributed by atoms with E-state index in [-0.39, 0.29) is 5.41 Å². The van der Waals surface area contributed by atoms with E-state index in [4.69, 9.17) is 4.74 Å². The van der Waals surface area contributed by atoms with Gasteiger partial charge in [-0.25, -0.2) is 0 Å². The molecule has 0 aliphatic heterocycles. The lowest BCUT2D eigenvalue weighted by Crippen LogP contribution is -2.36. The van der Waals surface area contributed by atoms with Crippen LogP contribution in [0.3, 0.4) is 0 Å². The molecule has 0 saturated heterocycles. The van der Waals surface area contributed by atoms with Crippen LogP contribution in [0.15, 0.2) is 24.3 Å². The predicted molar refractivity (Wildman–Crippen MR) is 62.0 cm³/mol. The molecule has 1 aromatic carbocycles. The summed E-state index contributed by atoms with van der Waals surface area (Å²) in [6.07, 6.45) is 0. The predicted octanol–water partition coefficient (Wildman–Crippen LogP) is 2.95. The molecule has 1 atom stereocenters. The van der Waals surface area contributed by atoms with Crippen molar-refractivity contribution in [1.82, 2.24) is 0 Å². The number of rotatable bonds is 2. The van der Waals surface area contributed by atoms with Crippen LogP contribution in [0.2, 0.25) is 0 Å². The van der Waals surface area contributed by atoms with Crippen LogP contribution in [0.25, 0.3) is 0 Å². The Morgan fingerprint density at radius 3 is 1.80 bits per heavy atom. The molecule has 0 fully saturated rings. The van der Waals surface area contributed by atoms with Gasteiger partial charge in [0.15, 0.2) is 0 Å². The molecule has 1 rings (SSSR count). The van der Waals surface area contributed by atoms with Gasteiger partial charge in [-0.05, 0) is 30.0 Å². The summed E-state index contributed by atoms with van der Waals surface area (Å²) in [7, 11) is 1.64. The van der Waals surface area contributed by atoms with E-state index in [2.05, 4.69) is 0 Å². The quantitative estimate of drug-likeness (QED) is 0.809. The third kappa shape index (κ3) is 2.32. The lowest BCUT2D eigenvalue weighted by Gasteiger charge is -2.37. The largest absolute Gasteiger partial charge is 0.497 e. The van der Waals surface area contributed by atoms with Gasteiger partial charge in [0.2, 0.25) is 0 Å².